The Kier molecular flexibility index (Phi) is 6.89. The van der Waals surface area contributed by atoms with Crippen molar-refractivity contribution in [2.45, 2.75) is 13.2 Å². The van der Waals surface area contributed by atoms with E-state index >= 15 is 0 Å². The minimum Gasteiger partial charge on any atom is -0.480 e. The van der Waals surface area contributed by atoms with Crippen LogP contribution < -0.4 is 4.74 Å². The normalized spacial score (nSPS) is 11.1. The van der Waals surface area contributed by atoms with Crippen LogP contribution in [0.15, 0.2) is 24.3 Å². The fourth-order valence-electron chi connectivity index (χ4n) is 1.66. The van der Waals surface area contributed by atoms with Gasteiger partial charge in [0.1, 0.15) is 5.75 Å². The highest BCUT2D eigenvalue weighted by Gasteiger charge is 2.10. The smallest absolute Gasteiger partial charge is 0.387 e. The first-order valence-electron chi connectivity index (χ1n) is 5.98. The lowest BCUT2D eigenvalue weighted by atomic mass is 10.2. The molecule has 0 aliphatic carbocycles. The van der Waals surface area contributed by atoms with Crippen LogP contribution >= 0.6 is 0 Å². The molecular weight excluding hydrogens is 272 g/mol. The summed E-state index contributed by atoms with van der Waals surface area (Å²) in [4.78, 5) is 12.4. The van der Waals surface area contributed by atoms with Crippen LogP contribution in [0.5, 0.6) is 5.75 Å². The largest absolute Gasteiger partial charge is 0.480 e. The maximum Gasteiger partial charge on any atom is 0.387 e. The zero-order valence-electron chi connectivity index (χ0n) is 11.1. The highest BCUT2D eigenvalue weighted by molar-refractivity contribution is 5.69. The molecular formula is C13H17F2NO4. The zero-order chi connectivity index (χ0) is 15.0. The summed E-state index contributed by atoms with van der Waals surface area (Å²) in [5.41, 5.74) is 0.809. The number of halogens is 2. The van der Waals surface area contributed by atoms with Crippen molar-refractivity contribution in [2.24, 2.45) is 0 Å². The van der Waals surface area contributed by atoms with Gasteiger partial charge >= 0.3 is 12.6 Å². The molecule has 1 aromatic rings. The first kappa shape index (κ1) is 16.3. The summed E-state index contributed by atoms with van der Waals surface area (Å²) in [6.45, 7) is -1.69. The molecule has 1 N–H and O–H groups in total. The van der Waals surface area contributed by atoms with Crippen LogP contribution in [0, 0.1) is 0 Å². The first-order valence-corrected chi connectivity index (χ1v) is 5.98. The standard InChI is InChI=1S/C13H17F2NO4/c1-19-7-6-16(9-12(17)18)8-10-2-4-11(5-3-10)20-13(14)15/h2-5,13H,6-9H2,1H3,(H,17,18). The zero-order valence-corrected chi connectivity index (χ0v) is 11.1. The molecule has 0 saturated heterocycles. The molecule has 1 aromatic carbocycles. The highest BCUT2D eigenvalue weighted by Crippen LogP contribution is 2.15. The van der Waals surface area contributed by atoms with E-state index in [0.29, 0.717) is 19.7 Å². The lowest BCUT2D eigenvalue weighted by molar-refractivity contribution is -0.138. The maximum absolute atomic E-state index is 12.0. The van der Waals surface area contributed by atoms with E-state index in [9.17, 15) is 13.6 Å². The second kappa shape index (κ2) is 8.44. The van der Waals surface area contributed by atoms with Crippen LogP contribution in [0.2, 0.25) is 0 Å². The average molecular weight is 289 g/mol. The van der Waals surface area contributed by atoms with Crippen molar-refractivity contribution in [1.29, 1.82) is 0 Å². The summed E-state index contributed by atoms with van der Waals surface area (Å²) < 4.78 is 33.2. The number of hydrogen-bond acceptors (Lipinski definition) is 4. The summed E-state index contributed by atoms with van der Waals surface area (Å²) in [6, 6.07) is 6.10. The summed E-state index contributed by atoms with van der Waals surface area (Å²) in [5, 5.41) is 8.82. The topological polar surface area (TPSA) is 59.0 Å². The van der Waals surface area contributed by atoms with Crippen molar-refractivity contribution in [1.82, 2.24) is 4.90 Å². The molecule has 0 unspecified atom stereocenters. The SMILES string of the molecule is COCCN(CC(=O)O)Cc1ccc(OC(F)F)cc1. The average Bonchev–Trinajstić information content (AvgIpc) is 2.37. The van der Waals surface area contributed by atoms with Crippen molar-refractivity contribution in [3.8, 4) is 5.75 Å². The first-order chi connectivity index (χ1) is 9.51. The number of benzene rings is 1. The molecule has 20 heavy (non-hydrogen) atoms. The quantitative estimate of drug-likeness (QED) is 0.751. The summed E-state index contributed by atoms with van der Waals surface area (Å²) in [7, 11) is 1.54. The van der Waals surface area contributed by atoms with Crippen LogP contribution in [0.1, 0.15) is 5.56 Å². The van der Waals surface area contributed by atoms with Gasteiger partial charge in [0.15, 0.2) is 0 Å². The van der Waals surface area contributed by atoms with Gasteiger partial charge in [-0.25, -0.2) is 0 Å². The van der Waals surface area contributed by atoms with E-state index < -0.39 is 12.6 Å². The minimum atomic E-state index is -2.86. The molecule has 0 radical (unpaired) electrons. The van der Waals surface area contributed by atoms with Gasteiger partial charge in [-0.05, 0) is 17.7 Å². The monoisotopic (exact) mass is 289 g/mol. The van der Waals surface area contributed by atoms with Crippen LogP contribution in [0.25, 0.3) is 0 Å². The molecule has 0 bridgehead atoms. The van der Waals surface area contributed by atoms with Gasteiger partial charge in [0.25, 0.3) is 0 Å². The Bertz CT molecular complexity index is 411. The lowest BCUT2D eigenvalue weighted by Crippen LogP contribution is -2.32. The third-order valence-electron chi connectivity index (χ3n) is 2.53. The van der Waals surface area contributed by atoms with Crippen LogP contribution in [0.4, 0.5) is 8.78 Å². The van der Waals surface area contributed by atoms with Crippen molar-refractivity contribution in [3.05, 3.63) is 29.8 Å². The van der Waals surface area contributed by atoms with Crippen molar-refractivity contribution in [2.75, 3.05) is 26.8 Å². The van der Waals surface area contributed by atoms with E-state index in [1.54, 1.807) is 17.0 Å². The van der Waals surface area contributed by atoms with E-state index in [4.69, 9.17) is 9.84 Å². The van der Waals surface area contributed by atoms with Crippen LogP contribution in [0.3, 0.4) is 0 Å². The van der Waals surface area contributed by atoms with Crippen molar-refractivity contribution in [3.63, 3.8) is 0 Å². The van der Waals surface area contributed by atoms with Crippen LogP contribution in [-0.2, 0) is 16.1 Å². The summed E-state index contributed by atoms with van der Waals surface area (Å²) in [6.07, 6.45) is 0. The molecule has 5 nitrogen and oxygen atoms in total. The molecule has 0 heterocycles. The van der Waals surface area contributed by atoms with Crippen LogP contribution in [-0.4, -0.2) is 49.4 Å². The number of carbonyl (C=O) groups is 1. The maximum atomic E-state index is 12.0. The second-order valence-corrected chi connectivity index (χ2v) is 4.12. The molecule has 0 aliphatic rings. The number of hydrogen-bond donors (Lipinski definition) is 1. The molecule has 112 valence electrons. The Morgan fingerprint density at radius 3 is 2.50 bits per heavy atom. The third-order valence-corrected chi connectivity index (χ3v) is 2.53. The number of aliphatic carboxylic acids is 1. The van der Waals surface area contributed by atoms with E-state index in [1.165, 1.54) is 19.2 Å². The molecule has 0 fully saturated rings. The number of methoxy groups -OCH3 is 1. The van der Waals surface area contributed by atoms with E-state index in [2.05, 4.69) is 4.74 Å². The Morgan fingerprint density at radius 1 is 1.35 bits per heavy atom. The summed E-state index contributed by atoms with van der Waals surface area (Å²) >= 11 is 0. The van der Waals surface area contributed by atoms with Gasteiger partial charge in [-0.15, -0.1) is 0 Å². The van der Waals surface area contributed by atoms with E-state index in [-0.39, 0.29) is 12.3 Å². The summed E-state index contributed by atoms with van der Waals surface area (Å²) in [5.74, 6) is -0.857. The molecule has 0 aromatic heterocycles. The van der Waals surface area contributed by atoms with E-state index in [0.717, 1.165) is 5.56 Å². The van der Waals surface area contributed by atoms with Gasteiger partial charge in [0.2, 0.25) is 0 Å². The number of ether oxygens (including phenoxy) is 2. The van der Waals surface area contributed by atoms with Gasteiger partial charge in [-0.2, -0.15) is 8.78 Å². The number of carboxylic acid groups (broad SMARTS) is 1. The van der Waals surface area contributed by atoms with Crippen molar-refractivity contribution < 1.29 is 28.2 Å². The molecule has 0 spiro atoms. The molecule has 7 heteroatoms. The molecule has 1 rings (SSSR count). The second-order valence-electron chi connectivity index (χ2n) is 4.12. The molecule has 0 atom stereocenters. The van der Waals surface area contributed by atoms with E-state index in [1.807, 2.05) is 0 Å². The Morgan fingerprint density at radius 2 is 2.00 bits per heavy atom. The molecule has 0 amide bonds. The predicted molar refractivity (Wildman–Crippen MR) is 67.9 cm³/mol. The van der Waals surface area contributed by atoms with Gasteiger partial charge in [0.05, 0.1) is 13.2 Å². The molecule has 0 saturated carbocycles. The Hall–Kier alpha value is -1.73. The Labute approximate surface area is 115 Å². The third kappa shape index (κ3) is 6.44. The van der Waals surface area contributed by atoms with Gasteiger partial charge in [-0.3, -0.25) is 9.69 Å². The number of rotatable bonds is 9. The fraction of sp³-hybridized carbons (Fsp3) is 0.462. The minimum absolute atomic E-state index is 0.0745. The van der Waals surface area contributed by atoms with Crippen molar-refractivity contribution >= 4 is 5.97 Å². The van der Waals surface area contributed by atoms with Gasteiger partial charge < -0.3 is 14.6 Å². The number of alkyl halides is 2. The lowest BCUT2D eigenvalue weighted by Gasteiger charge is -2.20. The van der Waals surface area contributed by atoms with Gasteiger partial charge in [-0.1, -0.05) is 12.1 Å². The number of carboxylic acids is 1. The fourth-order valence-corrected chi connectivity index (χ4v) is 1.66. The Balaban J connectivity index is 2.60. The highest BCUT2D eigenvalue weighted by atomic mass is 19.3. The number of nitrogens with zero attached hydrogens (tertiary/aromatic N) is 1. The van der Waals surface area contributed by atoms with Gasteiger partial charge in [0, 0.05) is 20.2 Å². The molecule has 0 aliphatic heterocycles. The predicted octanol–water partition coefficient (Wildman–Crippen LogP) is 1.82.